The van der Waals surface area contributed by atoms with Crippen molar-refractivity contribution in [1.29, 1.82) is 0 Å². The molecule has 1 aromatic rings. The zero-order valence-electron chi connectivity index (χ0n) is 10.2. The zero-order valence-corrected chi connectivity index (χ0v) is 10.2. The van der Waals surface area contributed by atoms with Gasteiger partial charge in [-0.15, -0.1) is 0 Å². The van der Waals surface area contributed by atoms with Gasteiger partial charge >= 0.3 is 0 Å². The minimum Gasteiger partial charge on any atom is -0.490 e. The summed E-state index contributed by atoms with van der Waals surface area (Å²) in [5, 5.41) is 3.01. The van der Waals surface area contributed by atoms with E-state index in [9.17, 15) is 4.39 Å². The normalized spacial score (nSPS) is 12.5. The van der Waals surface area contributed by atoms with Crippen LogP contribution in [0.1, 0.15) is 25.8 Å². The highest BCUT2D eigenvalue weighted by molar-refractivity contribution is 5.34. The Balaban J connectivity index is 2.75. The highest BCUT2D eigenvalue weighted by Gasteiger charge is 2.10. The molecule has 0 heterocycles. The second-order valence-corrected chi connectivity index (χ2v) is 4.08. The Hall–Kier alpha value is -1.09. The molecule has 0 aliphatic heterocycles. The maximum atomic E-state index is 13.6. The van der Waals surface area contributed by atoms with E-state index in [-0.39, 0.29) is 5.82 Å². The molecule has 1 N–H and O–H groups in total. The lowest BCUT2D eigenvalue weighted by molar-refractivity contribution is 0.243. The number of nitrogens with one attached hydrogen (secondary N) is 1. The van der Waals surface area contributed by atoms with E-state index in [0.717, 1.165) is 12.0 Å². The van der Waals surface area contributed by atoms with Crippen LogP contribution in [0.15, 0.2) is 18.2 Å². The third-order valence-corrected chi connectivity index (χ3v) is 2.62. The van der Waals surface area contributed by atoms with E-state index < -0.39 is 0 Å². The second kappa shape index (κ2) is 6.48. The first kappa shape index (κ1) is 13.0. The molecule has 0 aliphatic rings. The molecule has 0 aliphatic carbocycles. The summed E-state index contributed by atoms with van der Waals surface area (Å²) >= 11 is 0. The maximum absolute atomic E-state index is 13.6. The van der Waals surface area contributed by atoms with Crippen LogP contribution < -0.4 is 10.1 Å². The molecular weight excluding hydrogens is 205 g/mol. The molecule has 0 amide bonds. The van der Waals surface area contributed by atoms with Crippen molar-refractivity contribution < 1.29 is 9.13 Å². The largest absolute Gasteiger partial charge is 0.490 e. The number of halogens is 1. The first-order chi connectivity index (χ1) is 7.69. The smallest absolute Gasteiger partial charge is 0.165 e. The predicted molar refractivity (Wildman–Crippen MR) is 64.1 cm³/mol. The Labute approximate surface area is 96.8 Å². The molecular formula is C13H20FNO. The summed E-state index contributed by atoms with van der Waals surface area (Å²) in [4.78, 5) is 0. The van der Waals surface area contributed by atoms with E-state index in [1.54, 1.807) is 6.07 Å². The summed E-state index contributed by atoms with van der Waals surface area (Å²) in [6.07, 6.45) is 1.04. The molecule has 1 rings (SSSR count). The lowest BCUT2D eigenvalue weighted by Crippen LogP contribution is -2.12. The number of rotatable bonds is 6. The summed E-state index contributed by atoms with van der Waals surface area (Å²) in [5.41, 5.74) is 0.866. The van der Waals surface area contributed by atoms with Gasteiger partial charge in [0.15, 0.2) is 11.6 Å². The van der Waals surface area contributed by atoms with Crippen molar-refractivity contribution in [3.8, 4) is 5.75 Å². The molecule has 0 radical (unpaired) electrons. The van der Waals surface area contributed by atoms with Crippen LogP contribution in [0.25, 0.3) is 0 Å². The van der Waals surface area contributed by atoms with Crippen molar-refractivity contribution in [2.75, 3.05) is 13.7 Å². The van der Waals surface area contributed by atoms with Crippen molar-refractivity contribution in [2.45, 2.75) is 26.8 Å². The van der Waals surface area contributed by atoms with E-state index in [1.165, 1.54) is 6.07 Å². The van der Waals surface area contributed by atoms with Crippen LogP contribution in [0, 0.1) is 11.7 Å². The quantitative estimate of drug-likeness (QED) is 0.803. The molecule has 0 aromatic heterocycles. The molecule has 1 unspecified atom stereocenters. The minimum atomic E-state index is -0.281. The van der Waals surface area contributed by atoms with Crippen LogP contribution in [-0.4, -0.2) is 13.7 Å². The van der Waals surface area contributed by atoms with Gasteiger partial charge in [0.1, 0.15) is 0 Å². The van der Waals surface area contributed by atoms with Crippen LogP contribution in [0.2, 0.25) is 0 Å². The first-order valence-electron chi connectivity index (χ1n) is 5.73. The third kappa shape index (κ3) is 3.49. The van der Waals surface area contributed by atoms with E-state index in [4.69, 9.17) is 4.74 Å². The van der Waals surface area contributed by atoms with Crippen LogP contribution >= 0.6 is 0 Å². The molecule has 3 heteroatoms. The number of benzene rings is 1. The Morgan fingerprint density at radius 2 is 2.19 bits per heavy atom. The summed E-state index contributed by atoms with van der Waals surface area (Å²) in [6.45, 7) is 5.38. The van der Waals surface area contributed by atoms with Crippen LogP contribution in [0.3, 0.4) is 0 Å². The van der Waals surface area contributed by atoms with Gasteiger partial charge in [-0.2, -0.15) is 0 Å². The predicted octanol–water partition coefficient (Wildman–Crippen LogP) is 2.97. The summed E-state index contributed by atoms with van der Waals surface area (Å²) in [7, 11) is 1.84. The molecule has 0 saturated heterocycles. The van der Waals surface area contributed by atoms with Gasteiger partial charge in [-0.1, -0.05) is 32.4 Å². The molecule has 0 fully saturated rings. The number of hydrogen-bond acceptors (Lipinski definition) is 2. The van der Waals surface area contributed by atoms with Crippen LogP contribution in [0.5, 0.6) is 5.75 Å². The Bertz CT molecular complexity index is 328. The SMILES string of the molecule is CCC(C)COc1c(F)cccc1CNC. The van der Waals surface area contributed by atoms with Gasteiger partial charge in [-0.3, -0.25) is 0 Å². The summed E-state index contributed by atoms with van der Waals surface area (Å²) in [5.74, 6) is 0.551. The average molecular weight is 225 g/mol. The third-order valence-electron chi connectivity index (χ3n) is 2.62. The standard InChI is InChI=1S/C13H20FNO/c1-4-10(2)9-16-13-11(8-15-3)6-5-7-12(13)14/h5-7,10,15H,4,8-9H2,1-3H3. The van der Waals surface area contributed by atoms with Crippen molar-refractivity contribution >= 4 is 0 Å². The fourth-order valence-corrected chi connectivity index (χ4v) is 1.39. The van der Waals surface area contributed by atoms with E-state index >= 15 is 0 Å². The van der Waals surface area contributed by atoms with E-state index in [0.29, 0.717) is 24.8 Å². The Kier molecular flexibility index (Phi) is 5.26. The zero-order chi connectivity index (χ0) is 12.0. The van der Waals surface area contributed by atoms with Crippen molar-refractivity contribution in [2.24, 2.45) is 5.92 Å². The lowest BCUT2D eigenvalue weighted by atomic mass is 10.1. The van der Waals surface area contributed by atoms with Gasteiger partial charge in [0, 0.05) is 12.1 Å². The average Bonchev–Trinajstić information content (AvgIpc) is 2.28. The van der Waals surface area contributed by atoms with Gasteiger partial charge < -0.3 is 10.1 Å². The van der Waals surface area contributed by atoms with Gasteiger partial charge in [0.05, 0.1) is 6.61 Å². The molecule has 0 spiro atoms. The molecule has 16 heavy (non-hydrogen) atoms. The summed E-state index contributed by atoms with van der Waals surface area (Å²) in [6, 6.07) is 5.02. The van der Waals surface area contributed by atoms with Crippen molar-refractivity contribution in [1.82, 2.24) is 5.32 Å². The molecule has 0 saturated carbocycles. The van der Waals surface area contributed by atoms with Crippen molar-refractivity contribution in [3.63, 3.8) is 0 Å². The first-order valence-corrected chi connectivity index (χ1v) is 5.73. The summed E-state index contributed by atoms with van der Waals surface area (Å²) < 4.78 is 19.1. The molecule has 1 aromatic carbocycles. The van der Waals surface area contributed by atoms with Crippen LogP contribution in [0.4, 0.5) is 4.39 Å². The van der Waals surface area contributed by atoms with Crippen LogP contribution in [-0.2, 0) is 6.54 Å². The maximum Gasteiger partial charge on any atom is 0.165 e. The highest BCUT2D eigenvalue weighted by Crippen LogP contribution is 2.23. The van der Waals surface area contributed by atoms with Gasteiger partial charge in [0.2, 0.25) is 0 Å². The lowest BCUT2D eigenvalue weighted by Gasteiger charge is -2.14. The topological polar surface area (TPSA) is 21.3 Å². The highest BCUT2D eigenvalue weighted by atomic mass is 19.1. The van der Waals surface area contributed by atoms with E-state index in [2.05, 4.69) is 19.2 Å². The van der Waals surface area contributed by atoms with Gasteiger partial charge in [-0.05, 0) is 19.0 Å². The molecule has 1 atom stereocenters. The van der Waals surface area contributed by atoms with Gasteiger partial charge in [0.25, 0.3) is 0 Å². The molecule has 2 nitrogen and oxygen atoms in total. The number of hydrogen-bond donors (Lipinski definition) is 1. The monoisotopic (exact) mass is 225 g/mol. The minimum absolute atomic E-state index is 0.281. The Morgan fingerprint density at radius 1 is 1.44 bits per heavy atom. The number of para-hydroxylation sites is 1. The second-order valence-electron chi connectivity index (χ2n) is 4.08. The molecule has 90 valence electrons. The molecule has 0 bridgehead atoms. The fourth-order valence-electron chi connectivity index (χ4n) is 1.39. The van der Waals surface area contributed by atoms with Crippen molar-refractivity contribution in [3.05, 3.63) is 29.6 Å². The number of ether oxygens (including phenoxy) is 1. The van der Waals surface area contributed by atoms with E-state index in [1.807, 2.05) is 13.1 Å². The van der Waals surface area contributed by atoms with Gasteiger partial charge in [-0.25, -0.2) is 4.39 Å². The Morgan fingerprint density at radius 3 is 2.81 bits per heavy atom. The fraction of sp³-hybridized carbons (Fsp3) is 0.538.